The zero-order valence-corrected chi connectivity index (χ0v) is 15.2. The Balaban J connectivity index is 2.60. The lowest BCUT2D eigenvalue weighted by Crippen LogP contribution is -2.54. The minimum Gasteiger partial charge on any atom is -0.485 e. The number of hydrogen-bond donors (Lipinski definition) is 1. The van der Waals surface area contributed by atoms with Crippen molar-refractivity contribution in [3.05, 3.63) is 29.3 Å². The molecule has 0 fully saturated rings. The van der Waals surface area contributed by atoms with E-state index in [1.807, 2.05) is 24.9 Å². The summed E-state index contributed by atoms with van der Waals surface area (Å²) in [6, 6.07) is 6.92. The summed E-state index contributed by atoms with van der Waals surface area (Å²) in [6.45, 7) is 8.17. The van der Waals surface area contributed by atoms with E-state index >= 15 is 0 Å². The highest BCUT2D eigenvalue weighted by atomic mass is 16.5. The molecule has 6 nitrogen and oxygen atoms in total. The summed E-state index contributed by atoms with van der Waals surface area (Å²) < 4.78 is 5.96. The van der Waals surface area contributed by atoms with Crippen LogP contribution in [0.15, 0.2) is 23.2 Å². The number of aliphatic hydroxyl groups is 1. The fraction of sp³-hybridized carbons (Fsp3) is 0.526. The predicted octanol–water partition coefficient (Wildman–Crippen LogP) is 3.13. The first kappa shape index (κ1) is 18.8. The molecule has 2 rings (SSSR count). The van der Waals surface area contributed by atoms with E-state index in [2.05, 4.69) is 18.0 Å². The number of aliphatic hydroxyl groups excluding tert-OH is 1. The largest absolute Gasteiger partial charge is 0.485 e. The average molecular weight is 340 g/mol. The fourth-order valence-corrected chi connectivity index (χ4v) is 3.14. The van der Waals surface area contributed by atoms with Crippen LogP contribution in [0.2, 0.25) is 0 Å². The van der Waals surface area contributed by atoms with E-state index in [0.717, 1.165) is 18.4 Å². The number of benzene rings is 1. The van der Waals surface area contributed by atoms with Crippen LogP contribution < -0.4 is 4.74 Å². The van der Waals surface area contributed by atoms with Crippen molar-refractivity contribution in [2.75, 3.05) is 6.54 Å². The van der Waals surface area contributed by atoms with E-state index < -0.39 is 17.7 Å². The molecule has 132 valence electrons. The van der Waals surface area contributed by atoms with Gasteiger partial charge in [0.15, 0.2) is 0 Å². The van der Waals surface area contributed by atoms with E-state index in [4.69, 9.17) is 10.00 Å². The summed E-state index contributed by atoms with van der Waals surface area (Å²) in [5.74, 6) is 1.19. The van der Waals surface area contributed by atoms with Gasteiger partial charge in [0, 0.05) is 12.1 Å². The summed E-state index contributed by atoms with van der Waals surface area (Å²) >= 11 is 0. The van der Waals surface area contributed by atoms with Crippen LogP contribution in [0.25, 0.3) is 0 Å². The van der Waals surface area contributed by atoms with Crippen molar-refractivity contribution in [1.82, 2.24) is 4.90 Å². The highest BCUT2D eigenvalue weighted by Gasteiger charge is 2.45. The first-order valence-electron chi connectivity index (χ1n) is 8.46. The van der Waals surface area contributed by atoms with Crippen LogP contribution in [-0.4, -0.2) is 34.1 Å². The second kappa shape index (κ2) is 7.55. The second-order valence-electron chi connectivity index (χ2n) is 6.77. The number of unbranched alkanes of at least 4 members (excludes halogenated alkanes) is 1. The quantitative estimate of drug-likeness (QED) is 0.516. The number of hydrogen-bond acceptors (Lipinski definition) is 5. The summed E-state index contributed by atoms with van der Waals surface area (Å²) in [4.78, 5) is 5.83. The van der Waals surface area contributed by atoms with Gasteiger partial charge in [-0.2, -0.15) is 15.5 Å². The van der Waals surface area contributed by atoms with Gasteiger partial charge in [-0.25, -0.2) is 0 Å². The number of rotatable bonds is 4. The Morgan fingerprint density at radius 3 is 2.72 bits per heavy atom. The maximum Gasteiger partial charge on any atom is 0.207 e. The Labute approximate surface area is 149 Å². The van der Waals surface area contributed by atoms with Gasteiger partial charge >= 0.3 is 0 Å². The molecule has 1 aliphatic rings. The van der Waals surface area contributed by atoms with Crippen LogP contribution in [0.1, 0.15) is 57.7 Å². The molecular weight excluding hydrogens is 316 g/mol. The van der Waals surface area contributed by atoms with E-state index in [1.165, 1.54) is 0 Å². The van der Waals surface area contributed by atoms with Gasteiger partial charge < -0.3 is 14.7 Å². The number of amidine groups is 1. The second-order valence-corrected chi connectivity index (χ2v) is 6.77. The normalized spacial score (nSPS) is 21.5. The molecule has 0 unspecified atom stereocenters. The monoisotopic (exact) mass is 340 g/mol. The van der Waals surface area contributed by atoms with Gasteiger partial charge in [0.25, 0.3) is 0 Å². The van der Waals surface area contributed by atoms with E-state index in [9.17, 15) is 10.4 Å². The summed E-state index contributed by atoms with van der Waals surface area (Å²) in [6.07, 6.45) is 2.86. The number of nitrogens with zero attached hydrogens (tertiary/aromatic N) is 4. The molecular formula is C19H24N4O2. The van der Waals surface area contributed by atoms with Gasteiger partial charge in [-0.15, -0.1) is 0 Å². The van der Waals surface area contributed by atoms with Crippen molar-refractivity contribution in [3.8, 4) is 18.0 Å². The maximum atomic E-state index is 11.0. The Kier molecular flexibility index (Phi) is 5.66. The first-order chi connectivity index (χ1) is 11.9. The molecule has 0 radical (unpaired) electrons. The Morgan fingerprint density at radius 1 is 1.40 bits per heavy atom. The number of aliphatic imine (C=N–C) groups is 1. The molecule has 1 aromatic carbocycles. The van der Waals surface area contributed by atoms with Crippen molar-refractivity contribution in [2.45, 2.75) is 58.3 Å². The van der Waals surface area contributed by atoms with Crippen LogP contribution in [0.3, 0.4) is 0 Å². The SMILES string of the molecule is CCCCN(C(C)=NC#N)[C@@H]1c2cc(C#N)ccc2OC(C)(C)[C@H]1O. The molecule has 1 heterocycles. The van der Waals surface area contributed by atoms with Crippen LogP contribution in [0, 0.1) is 22.8 Å². The van der Waals surface area contributed by atoms with Crippen molar-refractivity contribution >= 4 is 5.84 Å². The van der Waals surface area contributed by atoms with Gasteiger partial charge in [-0.3, -0.25) is 0 Å². The molecule has 0 bridgehead atoms. The summed E-state index contributed by atoms with van der Waals surface area (Å²) in [5, 5.41) is 29.2. The molecule has 2 atom stereocenters. The van der Waals surface area contributed by atoms with Crippen molar-refractivity contribution in [1.29, 1.82) is 10.5 Å². The van der Waals surface area contributed by atoms with Gasteiger partial charge in [0.1, 0.15) is 23.3 Å². The lowest BCUT2D eigenvalue weighted by atomic mass is 9.84. The minimum atomic E-state index is -0.838. The molecule has 0 spiro atoms. The van der Waals surface area contributed by atoms with Crippen LogP contribution in [-0.2, 0) is 0 Å². The molecule has 6 heteroatoms. The minimum absolute atomic E-state index is 0.435. The number of ether oxygens (including phenoxy) is 1. The molecule has 0 aromatic heterocycles. The Bertz CT molecular complexity index is 743. The van der Waals surface area contributed by atoms with E-state index in [-0.39, 0.29) is 0 Å². The lowest BCUT2D eigenvalue weighted by molar-refractivity contribution is -0.0817. The van der Waals surface area contributed by atoms with Gasteiger partial charge in [0.2, 0.25) is 6.19 Å². The molecule has 1 aromatic rings. The highest BCUT2D eigenvalue weighted by molar-refractivity contribution is 5.81. The molecule has 1 aliphatic heterocycles. The maximum absolute atomic E-state index is 11.0. The number of fused-ring (bicyclic) bond motifs is 1. The summed E-state index contributed by atoms with van der Waals surface area (Å²) in [7, 11) is 0. The van der Waals surface area contributed by atoms with E-state index in [0.29, 0.717) is 23.7 Å². The molecule has 1 N–H and O–H groups in total. The van der Waals surface area contributed by atoms with Crippen LogP contribution in [0.4, 0.5) is 0 Å². The lowest BCUT2D eigenvalue weighted by Gasteiger charge is -2.47. The molecule has 0 saturated heterocycles. The summed E-state index contributed by atoms with van der Waals surface area (Å²) in [5.41, 5.74) is 0.447. The Hall–Kier alpha value is -2.57. The topological polar surface area (TPSA) is 92.6 Å². The average Bonchev–Trinajstić information content (AvgIpc) is 2.57. The van der Waals surface area contributed by atoms with Crippen LogP contribution >= 0.6 is 0 Å². The van der Waals surface area contributed by atoms with Crippen molar-refractivity contribution in [2.24, 2.45) is 4.99 Å². The standard InChI is InChI=1S/C19H24N4O2/c1-5-6-9-23(13(2)22-12-21)17-15-10-14(11-20)7-8-16(15)25-19(3,4)18(17)24/h7-8,10,17-18,24H,5-6,9H2,1-4H3/t17-,18+/m1/s1. The van der Waals surface area contributed by atoms with Gasteiger partial charge in [-0.05, 0) is 45.4 Å². The third-order valence-electron chi connectivity index (χ3n) is 4.56. The van der Waals surface area contributed by atoms with Crippen molar-refractivity contribution < 1.29 is 9.84 Å². The van der Waals surface area contributed by atoms with Crippen molar-refractivity contribution in [3.63, 3.8) is 0 Å². The third-order valence-corrected chi connectivity index (χ3v) is 4.56. The van der Waals surface area contributed by atoms with Crippen LogP contribution in [0.5, 0.6) is 5.75 Å². The highest BCUT2D eigenvalue weighted by Crippen LogP contribution is 2.43. The van der Waals surface area contributed by atoms with Gasteiger partial charge in [0.05, 0.1) is 17.7 Å². The molecule has 0 aliphatic carbocycles. The smallest absolute Gasteiger partial charge is 0.207 e. The number of nitriles is 2. The van der Waals surface area contributed by atoms with E-state index in [1.54, 1.807) is 25.1 Å². The molecule has 25 heavy (non-hydrogen) atoms. The predicted molar refractivity (Wildman–Crippen MR) is 94.9 cm³/mol. The molecule has 0 saturated carbocycles. The molecule has 0 amide bonds. The zero-order chi connectivity index (χ0) is 18.6. The van der Waals surface area contributed by atoms with Gasteiger partial charge in [-0.1, -0.05) is 13.3 Å². The Morgan fingerprint density at radius 2 is 2.12 bits per heavy atom. The fourth-order valence-electron chi connectivity index (χ4n) is 3.14. The zero-order valence-electron chi connectivity index (χ0n) is 15.2. The first-order valence-corrected chi connectivity index (χ1v) is 8.46. The third kappa shape index (κ3) is 3.75.